The third-order valence-electron chi connectivity index (χ3n) is 15.8. The molecule has 4 aromatic rings. The van der Waals surface area contributed by atoms with Gasteiger partial charge in [0, 0.05) is 73.4 Å². The number of hydrogen-bond donors (Lipinski definition) is 4. The molecule has 1 aliphatic carbocycles. The van der Waals surface area contributed by atoms with E-state index in [0.717, 1.165) is 58.2 Å². The predicted molar refractivity (Wildman–Crippen MR) is 246 cm³/mol. The van der Waals surface area contributed by atoms with Crippen molar-refractivity contribution in [3.63, 3.8) is 0 Å². The highest BCUT2D eigenvalue weighted by Gasteiger charge is 2.72. The van der Waals surface area contributed by atoms with Crippen LogP contribution in [0.4, 0.5) is 10.1 Å². The van der Waals surface area contributed by atoms with Crippen molar-refractivity contribution in [2.45, 2.75) is 106 Å². The van der Waals surface area contributed by atoms with E-state index < -0.39 is 40.7 Å². The first-order valence-electron chi connectivity index (χ1n) is 23.3. The molecule has 4 N–H and O–H groups in total. The molecule has 14 nitrogen and oxygen atoms in total. The quantitative estimate of drug-likeness (QED) is 0.118. The van der Waals surface area contributed by atoms with Crippen molar-refractivity contribution in [3.8, 4) is 0 Å². The lowest BCUT2D eigenvalue weighted by Crippen LogP contribution is -2.62. The number of carbonyl (C=O) groups excluding carboxylic acids is 5. The van der Waals surface area contributed by atoms with Crippen molar-refractivity contribution in [1.82, 2.24) is 30.0 Å². The first-order valence-corrected chi connectivity index (χ1v) is 24.0. The summed E-state index contributed by atoms with van der Waals surface area (Å²) in [6.07, 6.45) is 6.95. The molecule has 4 amide bonds. The van der Waals surface area contributed by atoms with Gasteiger partial charge in [-0.15, -0.1) is 0 Å². The van der Waals surface area contributed by atoms with E-state index in [1.54, 1.807) is 49.5 Å². The van der Waals surface area contributed by atoms with Gasteiger partial charge in [0.05, 0.1) is 22.1 Å². The van der Waals surface area contributed by atoms with Crippen molar-refractivity contribution in [2.24, 2.45) is 18.9 Å². The molecule has 4 atom stereocenters. The van der Waals surface area contributed by atoms with E-state index >= 15 is 4.39 Å². The van der Waals surface area contributed by atoms with Crippen molar-refractivity contribution < 1.29 is 33.1 Å². The van der Waals surface area contributed by atoms with E-state index in [2.05, 4.69) is 26.2 Å². The lowest BCUT2D eigenvalue weighted by Gasteiger charge is -2.46. The largest absolute Gasteiger partial charge is 0.381 e. The first-order chi connectivity index (χ1) is 31.8. The van der Waals surface area contributed by atoms with Gasteiger partial charge in [-0.3, -0.25) is 43.7 Å². The number of likely N-dealkylation sites (tertiary alicyclic amines) is 1. The van der Waals surface area contributed by atoms with Gasteiger partial charge in [0.1, 0.15) is 17.3 Å². The van der Waals surface area contributed by atoms with Crippen LogP contribution in [0.1, 0.15) is 104 Å². The van der Waals surface area contributed by atoms with E-state index in [0.29, 0.717) is 71.3 Å². The highest BCUT2D eigenvalue weighted by atomic mass is 35.5. The molecule has 3 aromatic carbocycles. The Morgan fingerprint density at radius 2 is 1.64 bits per heavy atom. The van der Waals surface area contributed by atoms with Crippen LogP contribution >= 0.6 is 23.2 Å². The molecule has 1 saturated carbocycles. The summed E-state index contributed by atoms with van der Waals surface area (Å²) in [5.74, 6) is -2.28. The number of piperidine rings is 2. The fourth-order valence-electron chi connectivity index (χ4n) is 12.4. The molecule has 4 saturated heterocycles. The van der Waals surface area contributed by atoms with Gasteiger partial charge in [0.25, 0.3) is 0 Å². The number of fused-ring (bicyclic) bond motifs is 4. The average molecular weight is 943 g/mol. The number of rotatable bonds is 9. The van der Waals surface area contributed by atoms with Gasteiger partial charge < -0.3 is 20.3 Å². The van der Waals surface area contributed by atoms with Crippen molar-refractivity contribution in [3.05, 3.63) is 97.6 Å². The number of Topliss-reactive ketones (excluding diaryl/α,β-unsaturated/α-hetero) is 1. The van der Waals surface area contributed by atoms with Crippen LogP contribution in [-0.2, 0) is 36.4 Å². The molecule has 1 aromatic heterocycles. The second kappa shape index (κ2) is 17.6. The second-order valence-corrected chi connectivity index (χ2v) is 20.2. The van der Waals surface area contributed by atoms with Gasteiger partial charge in [-0.2, -0.15) is 0 Å². The molecule has 10 rings (SSSR count). The Hall–Kier alpha value is -4.93. The number of aryl methyl sites for hydroxylation is 1. The van der Waals surface area contributed by atoms with Gasteiger partial charge >= 0.3 is 5.69 Å². The monoisotopic (exact) mass is 941 g/mol. The van der Waals surface area contributed by atoms with E-state index in [4.69, 9.17) is 27.9 Å². The van der Waals surface area contributed by atoms with Crippen molar-refractivity contribution in [2.75, 3.05) is 38.2 Å². The lowest BCUT2D eigenvalue weighted by atomic mass is 9.57. The molecule has 66 heavy (non-hydrogen) atoms. The van der Waals surface area contributed by atoms with Crippen LogP contribution in [0, 0.1) is 17.7 Å². The zero-order valence-corrected chi connectivity index (χ0v) is 38.3. The topological polar surface area (TPSA) is 173 Å². The molecular formula is C49H54Cl2FN7O7. The number of aromatic nitrogens is 2. The summed E-state index contributed by atoms with van der Waals surface area (Å²) in [7, 11) is 1.63. The summed E-state index contributed by atoms with van der Waals surface area (Å²) in [5, 5.41) is 12.8. The fraction of sp³-hybridized carbons (Fsp3) is 0.510. The zero-order valence-electron chi connectivity index (χ0n) is 36.8. The third-order valence-corrected chi connectivity index (χ3v) is 16.3. The summed E-state index contributed by atoms with van der Waals surface area (Å²) in [4.78, 5) is 83.0. The number of imide groups is 1. The molecule has 5 fully saturated rings. The average Bonchev–Trinajstić information content (AvgIpc) is 3.86. The third kappa shape index (κ3) is 7.58. The molecule has 17 heteroatoms. The molecule has 0 radical (unpaired) electrons. The Bertz CT molecular complexity index is 2700. The van der Waals surface area contributed by atoms with Crippen LogP contribution in [-0.4, -0.2) is 93.9 Å². The predicted octanol–water partition coefficient (Wildman–Crippen LogP) is 5.92. The Kier molecular flexibility index (Phi) is 12.0. The maximum atomic E-state index is 16.3. The lowest BCUT2D eigenvalue weighted by molar-refractivity contribution is -0.136. The number of halogens is 3. The normalized spacial score (nSPS) is 27.9. The first kappa shape index (κ1) is 44.9. The number of carbonyl (C=O) groups is 5. The summed E-state index contributed by atoms with van der Waals surface area (Å²) in [6.45, 7) is 3.48. The summed E-state index contributed by atoms with van der Waals surface area (Å²) >= 11 is 12.8. The van der Waals surface area contributed by atoms with Crippen molar-refractivity contribution in [1.29, 1.82) is 0 Å². The Morgan fingerprint density at radius 3 is 2.38 bits per heavy atom. The van der Waals surface area contributed by atoms with Crippen molar-refractivity contribution >= 4 is 69.3 Å². The minimum Gasteiger partial charge on any atom is -0.381 e. The molecule has 0 bridgehead atoms. The van der Waals surface area contributed by atoms with Gasteiger partial charge in [-0.1, -0.05) is 41.4 Å². The summed E-state index contributed by atoms with van der Waals surface area (Å²) < 4.78 is 25.0. The van der Waals surface area contributed by atoms with E-state index in [1.165, 1.54) is 15.2 Å². The highest BCUT2D eigenvalue weighted by molar-refractivity contribution is 6.31. The summed E-state index contributed by atoms with van der Waals surface area (Å²) in [5.41, 5.74) is 0.448. The number of imidazole rings is 1. The highest BCUT2D eigenvalue weighted by Crippen LogP contribution is 2.62. The van der Waals surface area contributed by atoms with E-state index in [9.17, 15) is 28.8 Å². The van der Waals surface area contributed by atoms with Crippen LogP contribution in [0.5, 0.6) is 0 Å². The minimum absolute atomic E-state index is 0.0214. The van der Waals surface area contributed by atoms with Crippen LogP contribution in [0.15, 0.2) is 59.4 Å². The zero-order chi connectivity index (χ0) is 46.1. The van der Waals surface area contributed by atoms with Crippen LogP contribution in [0.2, 0.25) is 10.0 Å². The van der Waals surface area contributed by atoms with Gasteiger partial charge in [0.15, 0.2) is 5.78 Å². The molecule has 6 aliphatic rings. The molecule has 2 spiro atoms. The maximum Gasteiger partial charge on any atom is 0.329 e. The smallest absolute Gasteiger partial charge is 0.329 e. The van der Waals surface area contributed by atoms with Crippen LogP contribution < -0.4 is 27.0 Å². The van der Waals surface area contributed by atoms with Crippen LogP contribution in [0.3, 0.4) is 0 Å². The maximum absolute atomic E-state index is 16.3. The summed E-state index contributed by atoms with van der Waals surface area (Å²) in [6, 6.07) is 13.4. The number of nitrogens with zero attached hydrogens (tertiary/aromatic N) is 3. The Balaban J connectivity index is 0.765. The fourth-order valence-corrected chi connectivity index (χ4v) is 12.8. The molecule has 348 valence electrons. The van der Waals surface area contributed by atoms with Gasteiger partial charge in [-0.25, -0.2) is 9.18 Å². The van der Waals surface area contributed by atoms with Gasteiger partial charge in [-0.05, 0) is 130 Å². The second-order valence-electron chi connectivity index (χ2n) is 19.4. The number of nitrogens with one attached hydrogen (secondary N) is 4. The number of anilines is 1. The number of amides is 4. The molecular weight excluding hydrogens is 888 g/mol. The molecule has 6 heterocycles. The SMILES string of the molecule is Cn1c(=O)n(C2CCC(=O)NC2=O)c2ccc(C(=O)CC3CCN(C[C@H]4CC[C@H](NC(=O)[C@@H]5NC6(CCOCC6)[C@@]6(C(=O)Nc7cc(Cl)ccc76)[C@H]5c5cccc(Cl)c5F)CC4)CC3)cc21. The van der Waals surface area contributed by atoms with Crippen LogP contribution in [0.25, 0.3) is 11.0 Å². The van der Waals surface area contributed by atoms with E-state index in [1.807, 2.05) is 6.07 Å². The minimum atomic E-state index is -1.35. The van der Waals surface area contributed by atoms with E-state index in [-0.39, 0.29) is 64.6 Å². The van der Waals surface area contributed by atoms with Gasteiger partial charge in [0.2, 0.25) is 23.6 Å². The standard InChI is InChI=1S/C49H54Cl2FN7O7/c1-57-38-24-29(7-12-36(38)59(47(57)65)37-13-14-40(61)55-44(37)62)39(60)23-27-15-19-58(20-16-27)26-28-5-9-31(10-6-28)53-45(63)43-41(32-3-2-4-34(51)42(32)52)49(48(56-43)17-21-66-22-18-48)33-11-8-30(50)25-35(33)54-46(49)64/h2-4,7-8,11-12,24-25,27-28,31,37,41,43,56H,5-6,9-10,13-23,26H2,1H3,(H,53,63)(H,54,64)(H,55,61,62)/t28-,31-,37?,41-,43+,49+/m0/s1. The molecule has 5 aliphatic heterocycles. The Morgan fingerprint density at radius 1 is 0.879 bits per heavy atom. The Labute approximate surface area is 391 Å². The number of benzene rings is 3. The molecule has 1 unspecified atom stereocenters. The number of ketones is 1. The number of hydrogen-bond acceptors (Lipinski definition) is 9. The number of ether oxygens (including phenoxy) is 1.